The first-order chi connectivity index (χ1) is 7.65. The molecule has 0 aromatic carbocycles. The van der Waals surface area contributed by atoms with Crippen LogP contribution in [-0.2, 0) is 4.79 Å². The second-order valence-corrected chi connectivity index (χ2v) is 5.53. The van der Waals surface area contributed by atoms with E-state index in [4.69, 9.17) is 0 Å². The van der Waals surface area contributed by atoms with Crippen molar-refractivity contribution in [3.05, 3.63) is 0 Å². The Labute approximate surface area is 98.6 Å². The molecule has 2 saturated heterocycles. The van der Waals surface area contributed by atoms with E-state index in [9.17, 15) is 4.79 Å². The first kappa shape index (κ1) is 11.9. The van der Waals surface area contributed by atoms with Crippen molar-refractivity contribution < 1.29 is 4.79 Å². The van der Waals surface area contributed by atoms with Gasteiger partial charge in [-0.3, -0.25) is 4.79 Å². The first-order valence-corrected chi connectivity index (χ1v) is 6.70. The van der Waals surface area contributed by atoms with Gasteiger partial charge in [-0.1, -0.05) is 13.3 Å². The van der Waals surface area contributed by atoms with Crippen LogP contribution in [0.5, 0.6) is 0 Å². The van der Waals surface area contributed by atoms with E-state index in [-0.39, 0.29) is 5.54 Å². The molecule has 0 aliphatic carbocycles. The van der Waals surface area contributed by atoms with E-state index < -0.39 is 0 Å². The summed E-state index contributed by atoms with van der Waals surface area (Å²) in [7, 11) is 0. The normalized spacial score (nSPS) is 35.4. The number of nitrogens with zero attached hydrogens (tertiary/aromatic N) is 1. The highest BCUT2D eigenvalue weighted by Crippen LogP contribution is 2.25. The van der Waals surface area contributed by atoms with E-state index in [0.29, 0.717) is 5.91 Å². The van der Waals surface area contributed by atoms with Gasteiger partial charge in [0.2, 0.25) is 5.91 Å². The Balaban J connectivity index is 1.98. The minimum atomic E-state index is -0.268. The van der Waals surface area contributed by atoms with Crippen molar-refractivity contribution in [3.63, 3.8) is 0 Å². The predicted molar refractivity (Wildman–Crippen MR) is 65.2 cm³/mol. The molecule has 2 rings (SSSR count). The van der Waals surface area contributed by atoms with Crippen LogP contribution in [0.15, 0.2) is 0 Å². The minimum Gasteiger partial charge on any atom is -0.341 e. The third-order valence-corrected chi connectivity index (χ3v) is 4.22. The third kappa shape index (κ3) is 2.24. The van der Waals surface area contributed by atoms with Gasteiger partial charge in [-0.05, 0) is 45.1 Å². The van der Waals surface area contributed by atoms with Gasteiger partial charge in [-0.2, -0.15) is 0 Å². The molecule has 0 spiro atoms. The third-order valence-electron chi connectivity index (χ3n) is 4.22. The summed E-state index contributed by atoms with van der Waals surface area (Å²) in [6, 6.07) is 0. The number of hydrogen-bond acceptors (Lipinski definition) is 2. The molecule has 3 heteroatoms. The number of carbonyl (C=O) groups is 1. The second kappa shape index (κ2) is 4.74. The molecule has 1 N–H and O–H groups in total. The van der Waals surface area contributed by atoms with Crippen LogP contribution in [0.25, 0.3) is 0 Å². The summed E-state index contributed by atoms with van der Waals surface area (Å²) in [5.41, 5.74) is -0.268. The summed E-state index contributed by atoms with van der Waals surface area (Å²) >= 11 is 0. The molecule has 2 atom stereocenters. The molecule has 0 radical (unpaired) electrons. The van der Waals surface area contributed by atoms with Crippen molar-refractivity contribution in [2.24, 2.45) is 5.92 Å². The molecule has 2 fully saturated rings. The molecule has 2 heterocycles. The minimum absolute atomic E-state index is 0.268. The van der Waals surface area contributed by atoms with Crippen molar-refractivity contribution >= 4 is 5.91 Å². The molecule has 2 unspecified atom stereocenters. The Morgan fingerprint density at radius 2 is 2.31 bits per heavy atom. The molecule has 0 bridgehead atoms. The fraction of sp³-hybridized carbons (Fsp3) is 0.923. The van der Waals surface area contributed by atoms with Crippen LogP contribution in [0.4, 0.5) is 0 Å². The highest BCUT2D eigenvalue weighted by molar-refractivity contribution is 5.86. The fourth-order valence-electron chi connectivity index (χ4n) is 3.01. The van der Waals surface area contributed by atoms with Gasteiger partial charge in [0.05, 0.1) is 5.54 Å². The maximum atomic E-state index is 12.4. The zero-order chi connectivity index (χ0) is 11.6. The maximum absolute atomic E-state index is 12.4. The Morgan fingerprint density at radius 1 is 1.50 bits per heavy atom. The molecule has 92 valence electrons. The highest BCUT2D eigenvalue weighted by Gasteiger charge is 2.39. The van der Waals surface area contributed by atoms with Crippen molar-refractivity contribution in [2.45, 2.75) is 51.5 Å². The Kier molecular flexibility index (Phi) is 3.53. The van der Waals surface area contributed by atoms with E-state index >= 15 is 0 Å². The van der Waals surface area contributed by atoms with Crippen LogP contribution in [0, 0.1) is 5.92 Å². The number of piperidine rings is 1. The lowest BCUT2D eigenvalue weighted by molar-refractivity contribution is -0.139. The molecule has 2 aliphatic heterocycles. The molecule has 0 aromatic rings. The van der Waals surface area contributed by atoms with Crippen LogP contribution in [0.1, 0.15) is 46.0 Å². The second-order valence-electron chi connectivity index (χ2n) is 5.53. The van der Waals surface area contributed by atoms with Crippen molar-refractivity contribution in [2.75, 3.05) is 19.6 Å². The van der Waals surface area contributed by atoms with Crippen LogP contribution in [-0.4, -0.2) is 36.0 Å². The van der Waals surface area contributed by atoms with E-state index in [0.717, 1.165) is 38.4 Å². The van der Waals surface area contributed by atoms with Crippen LogP contribution in [0.3, 0.4) is 0 Å². The van der Waals surface area contributed by atoms with E-state index in [1.165, 1.54) is 19.3 Å². The zero-order valence-electron chi connectivity index (χ0n) is 10.6. The average molecular weight is 224 g/mol. The smallest absolute Gasteiger partial charge is 0.242 e. The quantitative estimate of drug-likeness (QED) is 0.775. The standard InChI is InChI=1S/C13H24N2O/c1-3-11-6-4-9-15(10-11)12(16)13(2)7-5-8-14-13/h11,14H,3-10H2,1-2H3. The summed E-state index contributed by atoms with van der Waals surface area (Å²) < 4.78 is 0. The van der Waals surface area contributed by atoms with Gasteiger partial charge >= 0.3 is 0 Å². The molecule has 3 nitrogen and oxygen atoms in total. The number of hydrogen-bond donors (Lipinski definition) is 1. The van der Waals surface area contributed by atoms with Gasteiger partial charge in [0.25, 0.3) is 0 Å². The summed E-state index contributed by atoms with van der Waals surface area (Å²) in [5.74, 6) is 1.06. The van der Waals surface area contributed by atoms with E-state index in [2.05, 4.69) is 24.1 Å². The SMILES string of the molecule is CCC1CCCN(C(=O)C2(C)CCCN2)C1. The molecular formula is C13H24N2O. The highest BCUT2D eigenvalue weighted by atomic mass is 16.2. The lowest BCUT2D eigenvalue weighted by Gasteiger charge is -2.37. The summed E-state index contributed by atoms with van der Waals surface area (Å²) in [5, 5.41) is 3.37. The summed E-state index contributed by atoms with van der Waals surface area (Å²) in [6.45, 7) is 7.23. The molecule has 1 amide bonds. The fourth-order valence-corrected chi connectivity index (χ4v) is 3.01. The summed E-state index contributed by atoms with van der Waals surface area (Å²) in [4.78, 5) is 14.5. The van der Waals surface area contributed by atoms with Crippen LogP contribution in [0.2, 0.25) is 0 Å². The number of amides is 1. The van der Waals surface area contributed by atoms with Gasteiger partial charge in [-0.15, -0.1) is 0 Å². The van der Waals surface area contributed by atoms with Gasteiger partial charge in [0.1, 0.15) is 0 Å². The number of likely N-dealkylation sites (tertiary alicyclic amines) is 1. The Hall–Kier alpha value is -0.570. The van der Waals surface area contributed by atoms with Gasteiger partial charge < -0.3 is 10.2 Å². The van der Waals surface area contributed by atoms with Crippen molar-refractivity contribution in [3.8, 4) is 0 Å². The number of nitrogens with one attached hydrogen (secondary N) is 1. The molecule has 0 saturated carbocycles. The molecule has 16 heavy (non-hydrogen) atoms. The topological polar surface area (TPSA) is 32.3 Å². The maximum Gasteiger partial charge on any atom is 0.242 e. The molecule has 2 aliphatic rings. The number of carbonyl (C=O) groups excluding carboxylic acids is 1. The molecular weight excluding hydrogens is 200 g/mol. The van der Waals surface area contributed by atoms with Crippen LogP contribution >= 0.6 is 0 Å². The van der Waals surface area contributed by atoms with E-state index in [1.54, 1.807) is 0 Å². The number of rotatable bonds is 2. The van der Waals surface area contributed by atoms with Crippen molar-refractivity contribution in [1.29, 1.82) is 0 Å². The zero-order valence-corrected chi connectivity index (χ0v) is 10.6. The lowest BCUT2D eigenvalue weighted by atomic mass is 9.92. The van der Waals surface area contributed by atoms with E-state index in [1.807, 2.05) is 0 Å². The van der Waals surface area contributed by atoms with Crippen LogP contribution < -0.4 is 5.32 Å². The Bertz CT molecular complexity index is 259. The van der Waals surface area contributed by atoms with Crippen molar-refractivity contribution in [1.82, 2.24) is 10.2 Å². The monoisotopic (exact) mass is 224 g/mol. The molecule has 0 aromatic heterocycles. The predicted octanol–water partition coefficient (Wildman–Crippen LogP) is 1.78. The first-order valence-electron chi connectivity index (χ1n) is 6.70. The van der Waals surface area contributed by atoms with Gasteiger partial charge in [0, 0.05) is 13.1 Å². The lowest BCUT2D eigenvalue weighted by Crippen LogP contribution is -2.55. The largest absolute Gasteiger partial charge is 0.341 e. The van der Waals surface area contributed by atoms with Gasteiger partial charge in [-0.25, -0.2) is 0 Å². The average Bonchev–Trinajstić information content (AvgIpc) is 2.76. The van der Waals surface area contributed by atoms with Gasteiger partial charge in [0.15, 0.2) is 0 Å². The summed E-state index contributed by atoms with van der Waals surface area (Å²) in [6.07, 6.45) is 5.81. The Morgan fingerprint density at radius 3 is 2.94 bits per heavy atom.